The van der Waals surface area contributed by atoms with Crippen molar-refractivity contribution < 1.29 is 9.84 Å². The summed E-state index contributed by atoms with van der Waals surface area (Å²) in [4.78, 5) is 0. The van der Waals surface area contributed by atoms with Crippen molar-refractivity contribution in [1.82, 2.24) is 0 Å². The van der Waals surface area contributed by atoms with Crippen molar-refractivity contribution in [1.29, 1.82) is 0 Å². The third kappa shape index (κ3) is 3.26. The third-order valence-electron chi connectivity index (χ3n) is 2.24. The van der Waals surface area contributed by atoms with Gasteiger partial charge in [-0.1, -0.05) is 11.6 Å². The number of hydrogen-bond donors (Lipinski definition) is 1. The minimum atomic E-state index is -0.533. The molecule has 0 aliphatic carbocycles. The summed E-state index contributed by atoms with van der Waals surface area (Å²) < 4.78 is 5.09. The van der Waals surface area contributed by atoms with Crippen LogP contribution < -0.4 is 4.74 Å². The summed E-state index contributed by atoms with van der Waals surface area (Å²) in [5, 5.41) is 10.0. The Bertz CT molecular complexity index is 340. The molecule has 0 spiro atoms. The highest BCUT2D eigenvalue weighted by Gasteiger charge is 2.10. The van der Waals surface area contributed by atoms with E-state index >= 15 is 0 Å². The summed E-state index contributed by atoms with van der Waals surface area (Å²) in [6.45, 7) is 1.95. The van der Waals surface area contributed by atoms with Crippen LogP contribution in [-0.2, 0) is 6.42 Å². The maximum absolute atomic E-state index is 9.45. The van der Waals surface area contributed by atoms with E-state index in [1.807, 2.05) is 19.1 Å². The Labute approximate surface area is 99.8 Å². The van der Waals surface area contributed by atoms with Gasteiger partial charge in [0.25, 0.3) is 0 Å². The number of aliphatic hydroxyl groups is 1. The average Bonchev–Trinajstić information content (AvgIpc) is 2.22. The van der Waals surface area contributed by atoms with E-state index < -0.39 is 6.10 Å². The van der Waals surface area contributed by atoms with Gasteiger partial charge in [0.1, 0.15) is 5.75 Å². The molecular weight excluding hydrogens is 235 g/mol. The van der Waals surface area contributed by atoms with Crippen LogP contribution in [0, 0.1) is 6.92 Å². The molecule has 0 aliphatic rings. The number of alkyl halides is 1. The van der Waals surface area contributed by atoms with Gasteiger partial charge in [0, 0.05) is 5.88 Å². The maximum Gasteiger partial charge on any atom is 0.137 e. The molecule has 1 aromatic carbocycles. The molecule has 15 heavy (non-hydrogen) atoms. The molecule has 0 fully saturated rings. The summed E-state index contributed by atoms with van der Waals surface area (Å²) in [6, 6.07) is 3.67. The predicted molar refractivity (Wildman–Crippen MR) is 63.2 cm³/mol. The second-order valence-corrected chi connectivity index (χ2v) is 4.14. The Morgan fingerprint density at radius 3 is 2.67 bits per heavy atom. The molecule has 1 N–H and O–H groups in total. The van der Waals surface area contributed by atoms with E-state index in [-0.39, 0.29) is 5.88 Å². The number of aliphatic hydroxyl groups excluding tert-OH is 1. The van der Waals surface area contributed by atoms with Gasteiger partial charge in [-0.3, -0.25) is 0 Å². The van der Waals surface area contributed by atoms with Crippen LogP contribution in [0.2, 0.25) is 5.02 Å². The second kappa shape index (κ2) is 5.59. The van der Waals surface area contributed by atoms with Crippen molar-refractivity contribution in [3.8, 4) is 5.75 Å². The Balaban J connectivity index is 2.95. The van der Waals surface area contributed by atoms with Gasteiger partial charge in [-0.05, 0) is 36.6 Å². The standard InChI is InChI=1S/C11H14Cl2O2/c1-7-3-11(15-2)10(13)5-8(7)4-9(14)6-12/h3,5,9,14H,4,6H2,1-2H3. The van der Waals surface area contributed by atoms with Gasteiger partial charge in [0.05, 0.1) is 18.2 Å². The van der Waals surface area contributed by atoms with Gasteiger partial charge in [0.2, 0.25) is 0 Å². The van der Waals surface area contributed by atoms with Gasteiger partial charge in [0.15, 0.2) is 0 Å². The van der Waals surface area contributed by atoms with Crippen LogP contribution in [0.5, 0.6) is 5.75 Å². The van der Waals surface area contributed by atoms with Crippen LogP contribution in [0.1, 0.15) is 11.1 Å². The average molecular weight is 249 g/mol. The van der Waals surface area contributed by atoms with Crippen LogP contribution >= 0.6 is 23.2 Å². The van der Waals surface area contributed by atoms with Crippen molar-refractivity contribution in [2.75, 3.05) is 13.0 Å². The Hall–Kier alpha value is -0.440. The zero-order chi connectivity index (χ0) is 11.4. The topological polar surface area (TPSA) is 29.5 Å². The molecule has 0 heterocycles. The van der Waals surface area contributed by atoms with Crippen molar-refractivity contribution in [2.45, 2.75) is 19.4 Å². The number of hydrogen-bond acceptors (Lipinski definition) is 2. The van der Waals surface area contributed by atoms with Crippen molar-refractivity contribution >= 4 is 23.2 Å². The zero-order valence-electron chi connectivity index (χ0n) is 8.76. The van der Waals surface area contributed by atoms with Crippen LogP contribution in [0.3, 0.4) is 0 Å². The van der Waals surface area contributed by atoms with Crippen molar-refractivity contribution in [3.63, 3.8) is 0 Å². The number of ether oxygens (including phenoxy) is 1. The first-order chi connectivity index (χ1) is 7.08. The van der Waals surface area contributed by atoms with Crippen LogP contribution in [0.15, 0.2) is 12.1 Å². The van der Waals surface area contributed by atoms with Gasteiger partial charge >= 0.3 is 0 Å². The van der Waals surface area contributed by atoms with Crippen molar-refractivity contribution in [3.05, 3.63) is 28.3 Å². The van der Waals surface area contributed by atoms with E-state index in [9.17, 15) is 5.11 Å². The summed E-state index contributed by atoms with van der Waals surface area (Å²) in [7, 11) is 1.58. The molecule has 1 atom stereocenters. The minimum absolute atomic E-state index is 0.225. The number of methoxy groups -OCH3 is 1. The minimum Gasteiger partial charge on any atom is -0.495 e. The van der Waals surface area contributed by atoms with Gasteiger partial charge in [-0.15, -0.1) is 11.6 Å². The highest BCUT2D eigenvalue weighted by atomic mass is 35.5. The lowest BCUT2D eigenvalue weighted by Crippen LogP contribution is -2.12. The SMILES string of the molecule is COc1cc(C)c(CC(O)CCl)cc1Cl. The number of aryl methyl sites for hydroxylation is 1. The molecule has 0 saturated carbocycles. The molecule has 0 saturated heterocycles. The summed E-state index contributed by atoms with van der Waals surface area (Å²) >= 11 is 11.5. The lowest BCUT2D eigenvalue weighted by molar-refractivity contribution is 0.198. The van der Waals surface area contributed by atoms with E-state index in [1.165, 1.54) is 0 Å². The van der Waals surface area contributed by atoms with Gasteiger partial charge in [-0.25, -0.2) is 0 Å². The van der Waals surface area contributed by atoms with E-state index in [2.05, 4.69) is 0 Å². The first-order valence-electron chi connectivity index (χ1n) is 4.65. The normalized spacial score (nSPS) is 12.6. The van der Waals surface area contributed by atoms with Crippen LogP contribution in [-0.4, -0.2) is 24.2 Å². The zero-order valence-corrected chi connectivity index (χ0v) is 10.3. The second-order valence-electron chi connectivity index (χ2n) is 3.43. The summed E-state index contributed by atoms with van der Waals surface area (Å²) in [5.41, 5.74) is 2.04. The van der Waals surface area contributed by atoms with E-state index in [1.54, 1.807) is 7.11 Å². The molecule has 2 nitrogen and oxygen atoms in total. The molecule has 0 bridgehead atoms. The summed E-state index contributed by atoms with van der Waals surface area (Å²) in [6.07, 6.45) is -0.0196. The molecule has 84 valence electrons. The Morgan fingerprint density at radius 1 is 1.47 bits per heavy atom. The quantitative estimate of drug-likeness (QED) is 0.831. The smallest absolute Gasteiger partial charge is 0.137 e. The fraction of sp³-hybridized carbons (Fsp3) is 0.455. The van der Waals surface area contributed by atoms with Crippen LogP contribution in [0.25, 0.3) is 0 Å². The Kier molecular flexibility index (Phi) is 4.71. The fourth-order valence-corrected chi connectivity index (χ4v) is 1.75. The van der Waals surface area contributed by atoms with E-state index in [0.29, 0.717) is 17.2 Å². The Morgan fingerprint density at radius 2 is 2.13 bits per heavy atom. The van der Waals surface area contributed by atoms with Gasteiger partial charge < -0.3 is 9.84 Å². The first-order valence-corrected chi connectivity index (χ1v) is 5.56. The third-order valence-corrected chi connectivity index (χ3v) is 2.90. The fourth-order valence-electron chi connectivity index (χ4n) is 1.38. The van der Waals surface area contributed by atoms with E-state index in [4.69, 9.17) is 27.9 Å². The molecule has 4 heteroatoms. The first kappa shape index (κ1) is 12.6. The largest absolute Gasteiger partial charge is 0.495 e. The monoisotopic (exact) mass is 248 g/mol. The number of halogens is 2. The molecule has 0 aromatic heterocycles. The highest BCUT2D eigenvalue weighted by Crippen LogP contribution is 2.28. The molecule has 0 amide bonds. The lowest BCUT2D eigenvalue weighted by atomic mass is 10.0. The van der Waals surface area contributed by atoms with Crippen LogP contribution in [0.4, 0.5) is 0 Å². The molecule has 0 aliphatic heterocycles. The van der Waals surface area contributed by atoms with Gasteiger partial charge in [-0.2, -0.15) is 0 Å². The number of rotatable bonds is 4. The predicted octanol–water partition coefficient (Wildman–Crippen LogP) is 2.80. The van der Waals surface area contributed by atoms with E-state index in [0.717, 1.165) is 11.1 Å². The lowest BCUT2D eigenvalue weighted by Gasteiger charge is -2.12. The van der Waals surface area contributed by atoms with Crippen molar-refractivity contribution in [2.24, 2.45) is 0 Å². The number of benzene rings is 1. The highest BCUT2D eigenvalue weighted by molar-refractivity contribution is 6.32. The summed E-state index contributed by atoms with van der Waals surface area (Å²) in [5.74, 6) is 0.876. The molecule has 1 unspecified atom stereocenters. The maximum atomic E-state index is 9.45. The molecule has 0 radical (unpaired) electrons. The molecule has 1 rings (SSSR count). The molecular formula is C11H14Cl2O2. The molecule has 1 aromatic rings.